The third-order valence-corrected chi connectivity index (χ3v) is 6.88. The number of halogens is 1. The first-order valence-electron chi connectivity index (χ1n) is 9.56. The lowest BCUT2D eigenvalue weighted by molar-refractivity contribution is 0.101. The van der Waals surface area contributed by atoms with Crippen LogP contribution in [0.1, 0.15) is 29.8 Å². The average Bonchev–Trinajstić information content (AvgIpc) is 2.70. The number of nitrogens with zero attached hydrogens (tertiary/aromatic N) is 2. The van der Waals surface area contributed by atoms with Crippen molar-refractivity contribution in [1.29, 1.82) is 0 Å². The Morgan fingerprint density at radius 1 is 1.10 bits per heavy atom. The van der Waals surface area contributed by atoms with Gasteiger partial charge in [0.1, 0.15) is 16.5 Å². The molecule has 1 fully saturated rings. The van der Waals surface area contributed by atoms with Crippen molar-refractivity contribution in [3.8, 4) is 5.75 Å². The Balaban J connectivity index is 1.71. The van der Waals surface area contributed by atoms with Crippen LogP contribution in [0, 0.1) is 5.82 Å². The van der Waals surface area contributed by atoms with Crippen LogP contribution in [0.5, 0.6) is 5.75 Å². The Morgan fingerprint density at radius 3 is 2.41 bits per heavy atom. The normalized spacial score (nSPS) is 16.0. The predicted molar refractivity (Wildman–Crippen MR) is 108 cm³/mol. The summed E-state index contributed by atoms with van der Waals surface area (Å²) < 4.78 is 46.4. The number of rotatable bonds is 7. The molecule has 0 radical (unpaired) electrons. The summed E-state index contributed by atoms with van der Waals surface area (Å²) in [5.74, 6) is -0.0358. The SMILES string of the molecule is CCOc1ccc(C(C)=O)cc1CN1CCN(S(=O)(=O)c2ccccc2F)CC1. The van der Waals surface area contributed by atoms with Gasteiger partial charge in [-0.2, -0.15) is 4.31 Å². The number of benzene rings is 2. The van der Waals surface area contributed by atoms with E-state index in [0.29, 0.717) is 31.8 Å². The maximum absolute atomic E-state index is 14.0. The van der Waals surface area contributed by atoms with Crippen LogP contribution in [0.2, 0.25) is 0 Å². The van der Waals surface area contributed by atoms with E-state index in [9.17, 15) is 17.6 Å². The number of hydrogen-bond donors (Lipinski definition) is 0. The molecule has 0 unspecified atom stereocenters. The van der Waals surface area contributed by atoms with Gasteiger partial charge in [0.05, 0.1) is 6.61 Å². The van der Waals surface area contributed by atoms with Crippen LogP contribution in [0.4, 0.5) is 4.39 Å². The van der Waals surface area contributed by atoms with Gasteiger partial charge in [0.2, 0.25) is 10.0 Å². The average molecular weight is 421 g/mol. The number of Topliss-reactive ketones (excluding diaryl/α,β-unsaturated/α-hetero) is 1. The molecule has 29 heavy (non-hydrogen) atoms. The van der Waals surface area contributed by atoms with Gasteiger partial charge in [0.25, 0.3) is 0 Å². The van der Waals surface area contributed by atoms with E-state index in [1.807, 2.05) is 13.0 Å². The van der Waals surface area contributed by atoms with E-state index in [2.05, 4.69) is 4.90 Å². The van der Waals surface area contributed by atoms with Crippen LogP contribution in [-0.2, 0) is 16.6 Å². The van der Waals surface area contributed by atoms with E-state index in [4.69, 9.17) is 4.74 Å². The lowest BCUT2D eigenvalue weighted by Gasteiger charge is -2.34. The van der Waals surface area contributed by atoms with Gasteiger partial charge in [0.15, 0.2) is 5.78 Å². The molecule has 8 heteroatoms. The quantitative estimate of drug-likeness (QED) is 0.645. The second-order valence-corrected chi connectivity index (χ2v) is 8.83. The van der Waals surface area contributed by atoms with Crippen molar-refractivity contribution in [2.75, 3.05) is 32.8 Å². The largest absolute Gasteiger partial charge is 0.494 e. The first-order chi connectivity index (χ1) is 13.8. The highest BCUT2D eigenvalue weighted by molar-refractivity contribution is 7.89. The molecule has 2 aromatic carbocycles. The lowest BCUT2D eigenvalue weighted by Crippen LogP contribution is -2.48. The monoisotopic (exact) mass is 420 g/mol. The highest BCUT2D eigenvalue weighted by Crippen LogP contribution is 2.25. The fraction of sp³-hybridized carbons (Fsp3) is 0.381. The molecule has 0 N–H and O–H groups in total. The van der Waals surface area contributed by atoms with Crippen molar-refractivity contribution in [2.24, 2.45) is 0 Å². The molecule has 0 spiro atoms. The van der Waals surface area contributed by atoms with Gasteiger partial charge in [-0.3, -0.25) is 9.69 Å². The van der Waals surface area contributed by atoms with E-state index in [1.165, 1.54) is 29.4 Å². The van der Waals surface area contributed by atoms with Crippen LogP contribution in [0.15, 0.2) is 47.4 Å². The minimum absolute atomic E-state index is 0.0184. The zero-order valence-corrected chi connectivity index (χ0v) is 17.4. The van der Waals surface area contributed by atoms with Gasteiger partial charge < -0.3 is 4.74 Å². The van der Waals surface area contributed by atoms with Crippen LogP contribution in [0.3, 0.4) is 0 Å². The zero-order chi connectivity index (χ0) is 21.0. The number of carbonyl (C=O) groups is 1. The van der Waals surface area contributed by atoms with E-state index in [0.717, 1.165) is 17.4 Å². The van der Waals surface area contributed by atoms with Crippen LogP contribution in [-0.4, -0.2) is 56.2 Å². The number of carbonyl (C=O) groups excluding carboxylic acids is 1. The first-order valence-corrected chi connectivity index (χ1v) is 11.0. The third kappa shape index (κ3) is 4.83. The molecule has 6 nitrogen and oxygen atoms in total. The lowest BCUT2D eigenvalue weighted by atomic mass is 10.1. The summed E-state index contributed by atoms with van der Waals surface area (Å²) >= 11 is 0. The number of ketones is 1. The molecule has 0 bridgehead atoms. The fourth-order valence-electron chi connectivity index (χ4n) is 3.38. The van der Waals surface area contributed by atoms with E-state index in [1.54, 1.807) is 12.1 Å². The third-order valence-electron chi connectivity index (χ3n) is 4.95. The van der Waals surface area contributed by atoms with Crippen LogP contribution >= 0.6 is 0 Å². The molecule has 3 rings (SSSR count). The Kier molecular flexibility index (Phi) is 6.66. The summed E-state index contributed by atoms with van der Waals surface area (Å²) in [7, 11) is -3.86. The number of sulfonamides is 1. The molecule has 0 amide bonds. The molecule has 0 aromatic heterocycles. The summed E-state index contributed by atoms with van der Waals surface area (Å²) in [6.07, 6.45) is 0. The van der Waals surface area contributed by atoms with Crippen molar-refractivity contribution < 1.29 is 22.3 Å². The minimum atomic E-state index is -3.86. The van der Waals surface area contributed by atoms with Gasteiger partial charge in [-0.15, -0.1) is 0 Å². The Bertz CT molecular complexity index is 986. The molecule has 1 aliphatic rings. The summed E-state index contributed by atoms with van der Waals surface area (Å²) in [5.41, 5.74) is 1.51. The standard InChI is InChI=1S/C21H25FN2O4S/c1-3-28-20-9-8-17(16(2)25)14-18(20)15-23-10-12-24(13-11-23)29(26,27)21-7-5-4-6-19(21)22/h4-9,14H,3,10-13,15H2,1-2H3. The minimum Gasteiger partial charge on any atom is -0.494 e. The van der Waals surface area contributed by atoms with Crippen molar-refractivity contribution in [2.45, 2.75) is 25.3 Å². The van der Waals surface area contributed by atoms with Crippen LogP contribution in [0.25, 0.3) is 0 Å². The number of ether oxygens (including phenoxy) is 1. The summed E-state index contributed by atoms with van der Waals surface area (Å²) in [4.78, 5) is 13.5. The van der Waals surface area contributed by atoms with Gasteiger partial charge >= 0.3 is 0 Å². The highest BCUT2D eigenvalue weighted by atomic mass is 32.2. The first kappa shape index (κ1) is 21.4. The number of piperazine rings is 1. The molecular formula is C21H25FN2O4S. The highest BCUT2D eigenvalue weighted by Gasteiger charge is 2.30. The molecule has 1 saturated heterocycles. The Labute approximate surface area is 170 Å². The number of hydrogen-bond acceptors (Lipinski definition) is 5. The zero-order valence-electron chi connectivity index (χ0n) is 16.6. The van der Waals surface area contributed by atoms with Gasteiger partial charge in [-0.1, -0.05) is 12.1 Å². The van der Waals surface area contributed by atoms with Crippen molar-refractivity contribution in [1.82, 2.24) is 9.21 Å². The molecule has 156 valence electrons. The topological polar surface area (TPSA) is 66.9 Å². The summed E-state index contributed by atoms with van der Waals surface area (Å²) in [6.45, 7) is 6.03. The summed E-state index contributed by atoms with van der Waals surface area (Å²) in [6, 6.07) is 10.8. The molecule has 1 aliphatic heterocycles. The van der Waals surface area contributed by atoms with Gasteiger partial charge in [-0.05, 0) is 44.2 Å². The van der Waals surface area contributed by atoms with E-state index < -0.39 is 15.8 Å². The Morgan fingerprint density at radius 2 is 1.79 bits per heavy atom. The Hall–Kier alpha value is -2.29. The van der Waals surface area contributed by atoms with Crippen molar-refractivity contribution >= 4 is 15.8 Å². The molecule has 0 saturated carbocycles. The molecule has 1 heterocycles. The molecular weight excluding hydrogens is 395 g/mol. The molecule has 2 aromatic rings. The second kappa shape index (κ2) is 9.02. The maximum atomic E-state index is 14.0. The molecule has 0 atom stereocenters. The van der Waals surface area contributed by atoms with Crippen molar-refractivity contribution in [3.05, 3.63) is 59.4 Å². The predicted octanol–water partition coefficient (Wildman–Crippen LogP) is 2.93. The molecule has 0 aliphatic carbocycles. The van der Waals surface area contributed by atoms with Gasteiger partial charge in [-0.25, -0.2) is 12.8 Å². The van der Waals surface area contributed by atoms with Gasteiger partial charge in [0, 0.05) is 43.9 Å². The van der Waals surface area contributed by atoms with E-state index in [-0.39, 0.29) is 23.8 Å². The second-order valence-electron chi connectivity index (χ2n) is 6.92. The van der Waals surface area contributed by atoms with E-state index >= 15 is 0 Å². The maximum Gasteiger partial charge on any atom is 0.246 e. The van der Waals surface area contributed by atoms with Crippen LogP contribution < -0.4 is 4.74 Å². The summed E-state index contributed by atoms with van der Waals surface area (Å²) in [5, 5.41) is 0. The fourth-order valence-corrected chi connectivity index (χ4v) is 4.87. The smallest absolute Gasteiger partial charge is 0.246 e. The van der Waals surface area contributed by atoms with Crippen molar-refractivity contribution in [3.63, 3.8) is 0 Å².